The highest BCUT2D eigenvalue weighted by atomic mass is 35.5. The summed E-state index contributed by atoms with van der Waals surface area (Å²) in [5, 5.41) is 20.2. The third-order valence-corrected chi connectivity index (χ3v) is 7.00. The van der Waals surface area contributed by atoms with Gasteiger partial charge >= 0.3 is 0 Å². The highest BCUT2D eigenvalue weighted by Gasteiger charge is 2.44. The molecule has 190 valence electrons. The fourth-order valence-corrected chi connectivity index (χ4v) is 5.24. The van der Waals surface area contributed by atoms with Gasteiger partial charge in [-0.25, -0.2) is 9.99 Å². The molecule has 12 heteroatoms. The van der Waals surface area contributed by atoms with Gasteiger partial charge in [0.25, 0.3) is 5.91 Å². The zero-order valence-electron chi connectivity index (χ0n) is 19.6. The van der Waals surface area contributed by atoms with E-state index in [9.17, 15) is 19.5 Å². The van der Waals surface area contributed by atoms with Gasteiger partial charge in [-0.05, 0) is 44.9 Å². The number of likely N-dealkylation sites (N-methyl/N-ethyl adjacent to an activating group) is 1. The third-order valence-electron chi connectivity index (χ3n) is 6.50. The zero-order valence-corrected chi connectivity index (χ0v) is 21.1. The summed E-state index contributed by atoms with van der Waals surface area (Å²) < 4.78 is 5.70. The summed E-state index contributed by atoms with van der Waals surface area (Å²) in [7, 11) is 1.66. The standard InChI is InChI=1S/C23H29Cl2N5O5/c1-3-5-14(19(32)22-28-16-11-12(24)10-13(25)20(16)35-22)27-21(33)17-6-4-9-29-18(31)8-7-15(26-2)23(34)30(17)29/h10-11,14-15,17,19,26,32H,3-9H2,1-2H3,(H,27,33). The molecule has 3 N–H and O–H groups in total. The van der Waals surface area contributed by atoms with Gasteiger partial charge in [0.1, 0.15) is 11.6 Å². The Kier molecular flexibility index (Phi) is 7.85. The van der Waals surface area contributed by atoms with Gasteiger partial charge in [0.2, 0.25) is 17.7 Å². The predicted molar refractivity (Wildman–Crippen MR) is 129 cm³/mol. The summed E-state index contributed by atoms with van der Waals surface area (Å²) >= 11 is 12.2. The minimum Gasteiger partial charge on any atom is -0.436 e. The van der Waals surface area contributed by atoms with Gasteiger partial charge in [0.05, 0.1) is 17.1 Å². The summed E-state index contributed by atoms with van der Waals surface area (Å²) in [5.74, 6) is -0.927. The van der Waals surface area contributed by atoms with Crippen molar-refractivity contribution < 1.29 is 23.9 Å². The van der Waals surface area contributed by atoms with Crippen molar-refractivity contribution in [3.8, 4) is 0 Å². The number of nitrogens with one attached hydrogen (secondary N) is 2. The lowest BCUT2D eigenvalue weighted by atomic mass is 10.0. The first-order valence-corrected chi connectivity index (χ1v) is 12.5. The quantitative estimate of drug-likeness (QED) is 0.506. The van der Waals surface area contributed by atoms with Crippen LogP contribution in [0.5, 0.6) is 0 Å². The first kappa shape index (κ1) is 25.7. The topological polar surface area (TPSA) is 128 Å². The lowest BCUT2D eigenvalue weighted by molar-refractivity contribution is -0.176. The Hall–Kier alpha value is -2.40. The molecule has 2 fully saturated rings. The van der Waals surface area contributed by atoms with Gasteiger partial charge in [0.15, 0.2) is 11.7 Å². The Morgan fingerprint density at radius 3 is 2.80 bits per heavy atom. The second-order valence-electron chi connectivity index (χ2n) is 8.87. The highest BCUT2D eigenvalue weighted by Crippen LogP contribution is 2.32. The third kappa shape index (κ3) is 5.11. The van der Waals surface area contributed by atoms with Crippen molar-refractivity contribution in [2.75, 3.05) is 13.6 Å². The van der Waals surface area contributed by atoms with E-state index in [1.54, 1.807) is 13.1 Å². The Morgan fingerprint density at radius 1 is 1.31 bits per heavy atom. The fraction of sp³-hybridized carbons (Fsp3) is 0.565. The second kappa shape index (κ2) is 10.7. The van der Waals surface area contributed by atoms with E-state index in [1.807, 2.05) is 6.92 Å². The number of oxazole rings is 1. The molecule has 0 spiro atoms. The number of carbonyl (C=O) groups is 3. The van der Waals surface area contributed by atoms with Crippen LogP contribution in [0.25, 0.3) is 11.1 Å². The summed E-state index contributed by atoms with van der Waals surface area (Å²) in [4.78, 5) is 43.6. The number of carbonyl (C=O) groups excluding carboxylic acids is 3. The molecule has 4 atom stereocenters. The molecular weight excluding hydrogens is 497 g/mol. The van der Waals surface area contributed by atoms with E-state index in [4.69, 9.17) is 27.6 Å². The molecule has 1 aromatic heterocycles. The van der Waals surface area contributed by atoms with Crippen LogP contribution in [0.4, 0.5) is 0 Å². The Bertz CT molecular complexity index is 1130. The fourth-order valence-electron chi connectivity index (χ4n) is 4.71. The van der Waals surface area contributed by atoms with E-state index in [0.717, 1.165) is 0 Å². The second-order valence-corrected chi connectivity index (χ2v) is 9.72. The van der Waals surface area contributed by atoms with Gasteiger partial charge in [-0.3, -0.25) is 19.4 Å². The number of amides is 3. The predicted octanol–water partition coefficient (Wildman–Crippen LogP) is 2.57. The smallest absolute Gasteiger partial charge is 0.259 e. The first-order chi connectivity index (χ1) is 16.7. The molecule has 35 heavy (non-hydrogen) atoms. The Labute approximate surface area is 212 Å². The summed E-state index contributed by atoms with van der Waals surface area (Å²) in [6, 6.07) is 0.948. The molecule has 3 amide bonds. The van der Waals surface area contributed by atoms with Gasteiger partial charge in [-0.2, -0.15) is 0 Å². The molecule has 0 saturated carbocycles. The van der Waals surface area contributed by atoms with Crippen LogP contribution >= 0.6 is 23.2 Å². The maximum atomic E-state index is 13.4. The number of hydrazine groups is 1. The number of rotatable bonds is 7. The molecule has 2 aromatic rings. The molecule has 4 rings (SSSR count). The molecular formula is C23H29Cl2N5O5. The van der Waals surface area contributed by atoms with E-state index >= 15 is 0 Å². The highest BCUT2D eigenvalue weighted by molar-refractivity contribution is 6.37. The maximum Gasteiger partial charge on any atom is 0.259 e. The van der Waals surface area contributed by atoms with Crippen molar-refractivity contribution in [2.45, 2.75) is 69.7 Å². The lowest BCUT2D eigenvalue weighted by Crippen LogP contribution is -2.64. The van der Waals surface area contributed by atoms with Crippen LogP contribution < -0.4 is 10.6 Å². The van der Waals surface area contributed by atoms with Gasteiger partial charge < -0.3 is 20.2 Å². The number of benzene rings is 1. The van der Waals surface area contributed by atoms with Crippen molar-refractivity contribution >= 4 is 52.0 Å². The van der Waals surface area contributed by atoms with Crippen molar-refractivity contribution in [2.24, 2.45) is 0 Å². The first-order valence-electron chi connectivity index (χ1n) is 11.8. The molecule has 2 saturated heterocycles. The molecule has 2 aliphatic rings. The summed E-state index contributed by atoms with van der Waals surface area (Å²) in [6.45, 7) is 2.31. The van der Waals surface area contributed by atoms with Crippen LogP contribution in [-0.4, -0.2) is 69.5 Å². The lowest BCUT2D eigenvalue weighted by Gasteiger charge is -2.43. The van der Waals surface area contributed by atoms with Crippen LogP contribution in [0.15, 0.2) is 16.5 Å². The SMILES string of the molecule is CCCC(NC(=O)C1CCCN2C(=O)CCC(NC)C(=O)N12)C(O)c1nc2cc(Cl)cc(Cl)c2o1. The number of aromatic nitrogens is 1. The molecule has 2 aliphatic heterocycles. The molecule has 0 aliphatic carbocycles. The number of aliphatic hydroxyl groups excluding tert-OH is 1. The number of hydrogen-bond acceptors (Lipinski definition) is 7. The van der Waals surface area contributed by atoms with E-state index < -0.39 is 30.1 Å². The number of aliphatic hydroxyl groups is 1. The minimum atomic E-state index is -1.26. The molecule has 10 nitrogen and oxygen atoms in total. The number of fused-ring (bicyclic) bond motifs is 2. The average Bonchev–Trinajstić information content (AvgIpc) is 3.22. The summed E-state index contributed by atoms with van der Waals surface area (Å²) in [6.07, 6.45) is 1.43. The van der Waals surface area contributed by atoms with Crippen molar-refractivity contribution in [1.29, 1.82) is 0 Å². The molecule has 4 unspecified atom stereocenters. The van der Waals surface area contributed by atoms with E-state index in [1.165, 1.54) is 16.1 Å². The van der Waals surface area contributed by atoms with Crippen molar-refractivity contribution in [1.82, 2.24) is 25.6 Å². The van der Waals surface area contributed by atoms with Gasteiger partial charge in [-0.15, -0.1) is 0 Å². The van der Waals surface area contributed by atoms with Gasteiger partial charge in [0, 0.05) is 18.0 Å². The molecule has 0 radical (unpaired) electrons. The molecule has 0 bridgehead atoms. The maximum absolute atomic E-state index is 13.4. The van der Waals surface area contributed by atoms with E-state index in [2.05, 4.69) is 15.6 Å². The largest absolute Gasteiger partial charge is 0.436 e. The van der Waals surface area contributed by atoms with Crippen LogP contribution in [0.2, 0.25) is 10.0 Å². The monoisotopic (exact) mass is 525 g/mol. The summed E-state index contributed by atoms with van der Waals surface area (Å²) in [5.41, 5.74) is 0.689. The van der Waals surface area contributed by atoms with E-state index in [-0.39, 0.29) is 29.1 Å². The number of halogens is 2. The van der Waals surface area contributed by atoms with Crippen molar-refractivity contribution in [3.05, 3.63) is 28.1 Å². The average molecular weight is 526 g/mol. The van der Waals surface area contributed by atoms with Crippen molar-refractivity contribution in [3.63, 3.8) is 0 Å². The van der Waals surface area contributed by atoms with Gasteiger partial charge in [-0.1, -0.05) is 36.5 Å². The number of hydrogen-bond donors (Lipinski definition) is 3. The Balaban J connectivity index is 1.57. The normalized spacial score (nSPS) is 22.7. The van der Waals surface area contributed by atoms with E-state index in [0.29, 0.717) is 54.8 Å². The Morgan fingerprint density at radius 2 is 2.09 bits per heavy atom. The van der Waals surface area contributed by atoms with Crippen LogP contribution in [0.3, 0.4) is 0 Å². The molecule has 1 aromatic carbocycles. The number of nitrogens with zero attached hydrogens (tertiary/aromatic N) is 3. The van der Waals surface area contributed by atoms with Crippen LogP contribution in [-0.2, 0) is 14.4 Å². The zero-order chi connectivity index (χ0) is 25.3. The molecule has 3 heterocycles. The van der Waals surface area contributed by atoms with Crippen LogP contribution in [0.1, 0.15) is 57.4 Å². The minimum absolute atomic E-state index is 0.00413. The van der Waals surface area contributed by atoms with Crippen LogP contribution in [0, 0.1) is 0 Å².